The molecule has 1 atom stereocenters. The lowest BCUT2D eigenvalue weighted by atomic mass is 10.0. The molecule has 2 amide bonds. The van der Waals surface area contributed by atoms with Crippen molar-refractivity contribution in [1.29, 1.82) is 0 Å². The zero-order chi connectivity index (χ0) is 15.4. The maximum Gasteiger partial charge on any atom is 0.339 e. The quantitative estimate of drug-likeness (QED) is 0.897. The molecule has 0 aromatic carbocycles. The molecule has 21 heavy (non-hydrogen) atoms. The van der Waals surface area contributed by atoms with Crippen LogP contribution in [0, 0.1) is 12.8 Å². The van der Waals surface area contributed by atoms with Crippen LogP contribution in [0.2, 0.25) is 0 Å². The van der Waals surface area contributed by atoms with Crippen LogP contribution in [0.3, 0.4) is 0 Å². The zero-order valence-electron chi connectivity index (χ0n) is 12.5. The number of amides is 2. The Kier molecular flexibility index (Phi) is 4.88. The van der Waals surface area contributed by atoms with Crippen molar-refractivity contribution in [2.75, 3.05) is 13.1 Å². The summed E-state index contributed by atoms with van der Waals surface area (Å²) in [5.74, 6) is 0.459. The average molecular weight is 294 g/mol. The van der Waals surface area contributed by atoms with Gasteiger partial charge in [-0.25, -0.2) is 9.59 Å². The summed E-state index contributed by atoms with van der Waals surface area (Å²) in [5.41, 5.74) is 0.142. The molecular formula is C15H22N2O4. The number of carboxylic acid groups (broad SMARTS) is 1. The molecule has 0 radical (unpaired) electrons. The summed E-state index contributed by atoms with van der Waals surface area (Å²) in [5, 5.41) is 11.8. The van der Waals surface area contributed by atoms with Crippen molar-refractivity contribution in [3.8, 4) is 0 Å². The van der Waals surface area contributed by atoms with E-state index in [0.29, 0.717) is 17.4 Å². The van der Waals surface area contributed by atoms with Gasteiger partial charge in [0.25, 0.3) is 0 Å². The lowest BCUT2D eigenvalue weighted by Crippen LogP contribution is -2.40. The molecule has 1 aromatic rings. The highest BCUT2D eigenvalue weighted by atomic mass is 16.4. The lowest BCUT2D eigenvalue weighted by molar-refractivity contribution is 0.0695. The summed E-state index contributed by atoms with van der Waals surface area (Å²) in [6, 6.07) is 1.35. The standard InChI is InChI=1S/C15H22N2O4/c1-10-4-3-6-17(7-5-10)15(20)16-9-12-8-13(14(18)19)11(2)21-12/h8,10H,3-7,9H2,1-2H3,(H,16,20)(H,18,19). The van der Waals surface area contributed by atoms with Gasteiger partial charge in [-0.2, -0.15) is 0 Å². The number of carbonyl (C=O) groups is 2. The summed E-state index contributed by atoms with van der Waals surface area (Å²) >= 11 is 0. The van der Waals surface area contributed by atoms with E-state index < -0.39 is 5.97 Å². The summed E-state index contributed by atoms with van der Waals surface area (Å²) in [4.78, 5) is 24.9. The molecule has 0 spiro atoms. The molecule has 116 valence electrons. The molecule has 1 saturated heterocycles. The van der Waals surface area contributed by atoms with E-state index in [1.807, 2.05) is 4.90 Å². The number of urea groups is 1. The Labute approximate surface area is 124 Å². The molecule has 2 N–H and O–H groups in total. The van der Waals surface area contributed by atoms with Crippen molar-refractivity contribution in [3.63, 3.8) is 0 Å². The van der Waals surface area contributed by atoms with E-state index >= 15 is 0 Å². The fraction of sp³-hybridized carbons (Fsp3) is 0.600. The Morgan fingerprint density at radius 1 is 1.43 bits per heavy atom. The third-order valence-electron chi connectivity index (χ3n) is 3.92. The smallest absolute Gasteiger partial charge is 0.339 e. The van der Waals surface area contributed by atoms with Crippen molar-refractivity contribution in [3.05, 3.63) is 23.2 Å². The van der Waals surface area contributed by atoms with Crippen LogP contribution >= 0.6 is 0 Å². The van der Waals surface area contributed by atoms with Crippen LogP contribution in [0.25, 0.3) is 0 Å². The first kappa shape index (κ1) is 15.4. The van der Waals surface area contributed by atoms with Crippen molar-refractivity contribution >= 4 is 12.0 Å². The van der Waals surface area contributed by atoms with Gasteiger partial charge >= 0.3 is 12.0 Å². The largest absolute Gasteiger partial charge is 0.478 e. The normalized spacial score (nSPS) is 19.1. The minimum Gasteiger partial charge on any atom is -0.478 e. The van der Waals surface area contributed by atoms with Crippen LogP contribution < -0.4 is 5.32 Å². The molecule has 1 aliphatic heterocycles. The summed E-state index contributed by atoms with van der Waals surface area (Å²) in [7, 11) is 0. The molecule has 0 saturated carbocycles. The topological polar surface area (TPSA) is 82.8 Å². The molecule has 1 unspecified atom stereocenters. The second-order valence-corrected chi connectivity index (χ2v) is 5.67. The fourth-order valence-corrected chi connectivity index (χ4v) is 2.58. The molecule has 6 nitrogen and oxygen atoms in total. The van der Waals surface area contributed by atoms with Crippen molar-refractivity contribution in [2.45, 2.75) is 39.7 Å². The van der Waals surface area contributed by atoms with Gasteiger partial charge in [0.1, 0.15) is 17.1 Å². The first-order valence-corrected chi connectivity index (χ1v) is 7.32. The van der Waals surface area contributed by atoms with Gasteiger partial charge < -0.3 is 19.7 Å². The van der Waals surface area contributed by atoms with Gasteiger partial charge in [-0.1, -0.05) is 6.92 Å². The van der Waals surface area contributed by atoms with Crippen LogP contribution in [0.1, 0.15) is 48.1 Å². The van der Waals surface area contributed by atoms with E-state index in [1.54, 1.807) is 6.92 Å². The highest BCUT2D eigenvalue weighted by Gasteiger charge is 2.19. The molecule has 6 heteroatoms. The predicted octanol–water partition coefficient (Wildman–Crippen LogP) is 2.62. The van der Waals surface area contributed by atoms with Crippen molar-refractivity contribution in [2.24, 2.45) is 5.92 Å². The van der Waals surface area contributed by atoms with Crippen LogP contribution in [0.5, 0.6) is 0 Å². The van der Waals surface area contributed by atoms with E-state index in [2.05, 4.69) is 12.2 Å². The van der Waals surface area contributed by atoms with Crippen LogP contribution in [-0.2, 0) is 6.54 Å². The molecule has 1 aliphatic rings. The first-order valence-electron chi connectivity index (χ1n) is 7.32. The molecule has 1 aromatic heterocycles. The van der Waals surface area contributed by atoms with Gasteiger partial charge in [0.05, 0.1) is 6.54 Å². The lowest BCUT2D eigenvalue weighted by Gasteiger charge is -2.20. The van der Waals surface area contributed by atoms with E-state index in [1.165, 1.54) is 6.07 Å². The predicted molar refractivity (Wildman–Crippen MR) is 77.2 cm³/mol. The van der Waals surface area contributed by atoms with Crippen molar-refractivity contribution in [1.82, 2.24) is 10.2 Å². The Morgan fingerprint density at radius 2 is 2.19 bits per heavy atom. The zero-order valence-corrected chi connectivity index (χ0v) is 12.5. The van der Waals surface area contributed by atoms with Crippen LogP contribution in [0.15, 0.2) is 10.5 Å². The molecule has 0 bridgehead atoms. The summed E-state index contributed by atoms with van der Waals surface area (Å²) in [6.45, 7) is 5.56. The molecule has 0 aliphatic carbocycles. The Balaban J connectivity index is 1.88. The number of hydrogen-bond donors (Lipinski definition) is 2. The fourth-order valence-electron chi connectivity index (χ4n) is 2.58. The second kappa shape index (κ2) is 6.65. The van der Waals surface area contributed by atoms with Gasteiger partial charge in [0.15, 0.2) is 0 Å². The average Bonchev–Trinajstić information content (AvgIpc) is 2.66. The SMILES string of the molecule is Cc1oc(CNC(=O)N2CCCC(C)CC2)cc1C(=O)O. The number of hydrogen-bond acceptors (Lipinski definition) is 3. The third-order valence-corrected chi connectivity index (χ3v) is 3.92. The van der Waals surface area contributed by atoms with Gasteiger partial charge in [0, 0.05) is 13.1 Å². The second-order valence-electron chi connectivity index (χ2n) is 5.67. The first-order chi connectivity index (χ1) is 9.97. The maximum absolute atomic E-state index is 12.1. The van der Waals surface area contributed by atoms with E-state index in [4.69, 9.17) is 9.52 Å². The molecule has 1 fully saturated rings. The highest BCUT2D eigenvalue weighted by molar-refractivity contribution is 5.88. The van der Waals surface area contributed by atoms with E-state index in [0.717, 1.165) is 32.4 Å². The van der Waals surface area contributed by atoms with E-state index in [-0.39, 0.29) is 18.1 Å². The van der Waals surface area contributed by atoms with Gasteiger partial charge in [-0.3, -0.25) is 0 Å². The minimum absolute atomic E-state index is 0.116. The minimum atomic E-state index is -1.02. The number of aromatic carboxylic acids is 1. The number of nitrogens with zero attached hydrogens (tertiary/aromatic N) is 1. The molecular weight excluding hydrogens is 272 g/mol. The molecule has 2 heterocycles. The molecule has 2 rings (SSSR count). The summed E-state index contributed by atoms with van der Waals surface area (Å²) in [6.07, 6.45) is 3.21. The number of furan rings is 1. The maximum atomic E-state index is 12.1. The number of carbonyl (C=O) groups excluding carboxylic acids is 1. The number of carboxylic acids is 1. The monoisotopic (exact) mass is 294 g/mol. The number of rotatable bonds is 3. The Hall–Kier alpha value is -1.98. The Bertz CT molecular complexity index is 524. The highest BCUT2D eigenvalue weighted by Crippen LogP contribution is 2.17. The van der Waals surface area contributed by atoms with Gasteiger partial charge in [-0.15, -0.1) is 0 Å². The van der Waals surface area contributed by atoms with Gasteiger partial charge in [0.2, 0.25) is 0 Å². The van der Waals surface area contributed by atoms with Gasteiger partial charge in [-0.05, 0) is 38.2 Å². The third kappa shape index (κ3) is 4.00. The van der Waals surface area contributed by atoms with E-state index in [9.17, 15) is 9.59 Å². The number of aryl methyl sites for hydroxylation is 1. The van der Waals surface area contributed by atoms with Crippen LogP contribution in [0.4, 0.5) is 4.79 Å². The summed E-state index contributed by atoms with van der Waals surface area (Å²) < 4.78 is 5.34. The van der Waals surface area contributed by atoms with Crippen molar-refractivity contribution < 1.29 is 19.1 Å². The van der Waals surface area contributed by atoms with Crippen LogP contribution in [-0.4, -0.2) is 35.1 Å². The number of likely N-dealkylation sites (tertiary alicyclic amines) is 1. The number of nitrogens with one attached hydrogen (secondary N) is 1. The Morgan fingerprint density at radius 3 is 2.86 bits per heavy atom.